The van der Waals surface area contributed by atoms with Crippen LogP contribution in [-0.2, 0) is 0 Å². The van der Waals surface area contributed by atoms with E-state index in [1.165, 1.54) is 0 Å². The molecule has 0 aliphatic heterocycles. The molecule has 1 aliphatic carbocycles. The minimum atomic E-state index is -0.740. The Balaban J connectivity index is 1.97. The summed E-state index contributed by atoms with van der Waals surface area (Å²) in [7, 11) is 0. The average molecular weight is 452 g/mol. The first-order valence-corrected chi connectivity index (χ1v) is 8.72. The SMILES string of the molecule is CC1CCC(O)(CNC(=O)c2cc(I)ccc2Br)CC1. The number of rotatable bonds is 3. The molecule has 1 aromatic carbocycles. The summed E-state index contributed by atoms with van der Waals surface area (Å²) in [6, 6.07) is 5.65. The van der Waals surface area contributed by atoms with Crippen molar-refractivity contribution in [1.82, 2.24) is 5.32 Å². The third-order valence-corrected chi connectivity index (χ3v) is 5.32. The van der Waals surface area contributed by atoms with E-state index >= 15 is 0 Å². The van der Waals surface area contributed by atoms with E-state index in [1.54, 1.807) is 0 Å². The van der Waals surface area contributed by atoms with Gasteiger partial charge in [0.2, 0.25) is 0 Å². The van der Waals surface area contributed by atoms with Crippen molar-refractivity contribution in [2.45, 2.75) is 38.2 Å². The van der Waals surface area contributed by atoms with Crippen molar-refractivity contribution in [3.8, 4) is 0 Å². The smallest absolute Gasteiger partial charge is 0.252 e. The average Bonchev–Trinajstić information content (AvgIpc) is 2.43. The van der Waals surface area contributed by atoms with E-state index in [4.69, 9.17) is 0 Å². The van der Waals surface area contributed by atoms with Crippen LogP contribution in [0.15, 0.2) is 22.7 Å². The summed E-state index contributed by atoms with van der Waals surface area (Å²) in [5.74, 6) is 0.540. The Labute approximate surface area is 141 Å². The van der Waals surface area contributed by atoms with E-state index in [2.05, 4.69) is 50.8 Å². The van der Waals surface area contributed by atoms with Gasteiger partial charge < -0.3 is 10.4 Å². The van der Waals surface area contributed by atoms with Crippen LogP contribution in [0.25, 0.3) is 0 Å². The number of nitrogens with one attached hydrogen (secondary N) is 1. The molecule has 1 aliphatic rings. The predicted octanol–water partition coefficient (Wildman–Crippen LogP) is 3.72. The van der Waals surface area contributed by atoms with E-state index in [0.717, 1.165) is 33.7 Å². The van der Waals surface area contributed by atoms with E-state index in [-0.39, 0.29) is 5.91 Å². The highest BCUT2D eigenvalue weighted by Gasteiger charge is 2.32. The molecule has 1 aromatic rings. The second-order valence-corrected chi connectivity index (χ2v) is 7.81. The van der Waals surface area contributed by atoms with Crippen LogP contribution in [0.4, 0.5) is 0 Å². The molecule has 0 radical (unpaired) electrons. The zero-order chi connectivity index (χ0) is 14.8. The Morgan fingerprint density at radius 3 is 2.80 bits per heavy atom. The Bertz CT molecular complexity index is 499. The van der Waals surface area contributed by atoms with Gasteiger partial charge in [-0.3, -0.25) is 4.79 Å². The Hall–Kier alpha value is -0.140. The lowest BCUT2D eigenvalue weighted by Crippen LogP contribution is -2.45. The van der Waals surface area contributed by atoms with E-state index in [0.29, 0.717) is 18.0 Å². The van der Waals surface area contributed by atoms with Crippen LogP contribution in [0.2, 0.25) is 0 Å². The Kier molecular flexibility index (Phi) is 5.48. The number of halogens is 2. The first kappa shape index (κ1) is 16.2. The maximum atomic E-state index is 12.2. The van der Waals surface area contributed by atoms with Crippen molar-refractivity contribution in [2.24, 2.45) is 5.92 Å². The van der Waals surface area contributed by atoms with Crippen LogP contribution in [0.5, 0.6) is 0 Å². The van der Waals surface area contributed by atoms with Crippen molar-refractivity contribution in [2.75, 3.05) is 6.54 Å². The first-order valence-electron chi connectivity index (χ1n) is 6.85. The topological polar surface area (TPSA) is 49.3 Å². The highest BCUT2D eigenvalue weighted by Crippen LogP contribution is 2.31. The van der Waals surface area contributed by atoms with Gasteiger partial charge in [0.05, 0.1) is 11.2 Å². The minimum absolute atomic E-state index is 0.137. The summed E-state index contributed by atoms with van der Waals surface area (Å²) in [6.45, 7) is 2.54. The maximum absolute atomic E-state index is 12.2. The van der Waals surface area contributed by atoms with Gasteiger partial charge in [0, 0.05) is 14.6 Å². The van der Waals surface area contributed by atoms with E-state index in [9.17, 15) is 9.90 Å². The van der Waals surface area contributed by atoms with Gasteiger partial charge in [0.1, 0.15) is 0 Å². The van der Waals surface area contributed by atoms with Crippen molar-refractivity contribution < 1.29 is 9.90 Å². The molecule has 2 rings (SSSR count). The molecule has 0 spiro atoms. The minimum Gasteiger partial charge on any atom is -0.388 e. The molecule has 5 heteroatoms. The third kappa shape index (κ3) is 4.18. The lowest BCUT2D eigenvalue weighted by molar-refractivity contribution is -0.00540. The second-order valence-electron chi connectivity index (χ2n) is 5.71. The fourth-order valence-electron chi connectivity index (χ4n) is 2.49. The van der Waals surface area contributed by atoms with Crippen LogP contribution in [-0.4, -0.2) is 23.2 Å². The van der Waals surface area contributed by atoms with Crippen LogP contribution in [0.1, 0.15) is 43.0 Å². The summed E-state index contributed by atoms with van der Waals surface area (Å²) in [4.78, 5) is 12.2. The van der Waals surface area contributed by atoms with Crippen molar-refractivity contribution in [3.05, 3.63) is 31.8 Å². The van der Waals surface area contributed by atoms with Gasteiger partial charge in [-0.2, -0.15) is 0 Å². The lowest BCUT2D eigenvalue weighted by Gasteiger charge is -2.35. The van der Waals surface area contributed by atoms with Gasteiger partial charge >= 0.3 is 0 Å². The van der Waals surface area contributed by atoms with Gasteiger partial charge in [-0.1, -0.05) is 6.92 Å². The quantitative estimate of drug-likeness (QED) is 0.688. The fraction of sp³-hybridized carbons (Fsp3) is 0.533. The number of amides is 1. The molecule has 0 saturated heterocycles. The number of benzene rings is 1. The maximum Gasteiger partial charge on any atom is 0.252 e. The predicted molar refractivity (Wildman–Crippen MR) is 91.8 cm³/mol. The molecule has 1 saturated carbocycles. The molecule has 0 bridgehead atoms. The number of carbonyl (C=O) groups is 1. The van der Waals surface area contributed by atoms with Crippen molar-refractivity contribution >= 4 is 44.4 Å². The molecule has 20 heavy (non-hydrogen) atoms. The third-order valence-electron chi connectivity index (χ3n) is 3.96. The molecule has 1 fully saturated rings. The normalized spacial score (nSPS) is 26.3. The monoisotopic (exact) mass is 451 g/mol. The largest absolute Gasteiger partial charge is 0.388 e. The summed E-state index contributed by atoms with van der Waals surface area (Å²) in [6.07, 6.45) is 3.59. The summed E-state index contributed by atoms with van der Waals surface area (Å²) < 4.78 is 1.79. The molecule has 2 N–H and O–H groups in total. The molecule has 0 atom stereocenters. The zero-order valence-corrected chi connectivity index (χ0v) is 15.2. The van der Waals surface area contributed by atoms with Gasteiger partial charge in [0.25, 0.3) is 5.91 Å². The van der Waals surface area contributed by atoms with Gasteiger partial charge in [-0.05, 0) is 88.3 Å². The molecule has 0 unspecified atom stereocenters. The molecule has 0 aromatic heterocycles. The summed E-state index contributed by atoms with van der Waals surface area (Å²) in [5, 5.41) is 13.4. The van der Waals surface area contributed by atoms with Crippen LogP contribution < -0.4 is 5.32 Å². The molecule has 0 heterocycles. The fourth-order valence-corrected chi connectivity index (χ4v) is 3.41. The zero-order valence-electron chi connectivity index (χ0n) is 11.5. The van der Waals surface area contributed by atoms with E-state index < -0.39 is 5.60 Å². The molecular weight excluding hydrogens is 433 g/mol. The van der Waals surface area contributed by atoms with Crippen molar-refractivity contribution in [3.63, 3.8) is 0 Å². The first-order chi connectivity index (χ1) is 9.39. The number of aliphatic hydroxyl groups is 1. The highest BCUT2D eigenvalue weighted by molar-refractivity contribution is 14.1. The number of carbonyl (C=O) groups excluding carboxylic acids is 1. The van der Waals surface area contributed by atoms with Gasteiger partial charge in [-0.15, -0.1) is 0 Å². The summed E-state index contributed by atoms with van der Waals surface area (Å²) >= 11 is 5.57. The molecular formula is C15H19BrINO2. The van der Waals surface area contributed by atoms with Crippen LogP contribution >= 0.6 is 38.5 Å². The van der Waals surface area contributed by atoms with E-state index in [1.807, 2.05) is 18.2 Å². The second kappa shape index (κ2) is 6.75. The lowest BCUT2D eigenvalue weighted by atomic mass is 9.79. The number of hydrogen-bond donors (Lipinski definition) is 2. The number of hydrogen-bond acceptors (Lipinski definition) is 2. The molecule has 3 nitrogen and oxygen atoms in total. The molecule has 110 valence electrons. The van der Waals surface area contributed by atoms with Crippen LogP contribution in [0, 0.1) is 9.49 Å². The van der Waals surface area contributed by atoms with Gasteiger partial charge in [-0.25, -0.2) is 0 Å². The highest BCUT2D eigenvalue weighted by atomic mass is 127. The van der Waals surface area contributed by atoms with Crippen LogP contribution in [0.3, 0.4) is 0 Å². The van der Waals surface area contributed by atoms with Crippen molar-refractivity contribution in [1.29, 1.82) is 0 Å². The molecule has 1 amide bonds. The Morgan fingerprint density at radius 1 is 1.50 bits per heavy atom. The Morgan fingerprint density at radius 2 is 2.15 bits per heavy atom. The standard InChI is InChI=1S/C15H19BrINO2/c1-10-4-6-15(20,7-5-10)9-18-14(19)12-8-11(17)2-3-13(12)16/h2-3,8,10,20H,4-7,9H2,1H3,(H,18,19). The summed E-state index contributed by atoms with van der Waals surface area (Å²) in [5.41, 5.74) is -0.124. The van der Waals surface area contributed by atoms with Gasteiger partial charge in [0.15, 0.2) is 0 Å².